The minimum Gasteiger partial charge on any atom is -0.385 e. The number of carbonyl (C=O) groups is 1. The van der Waals surface area contributed by atoms with Crippen LogP contribution in [0.4, 0.5) is 0 Å². The van der Waals surface area contributed by atoms with Crippen molar-refractivity contribution >= 4 is 6.29 Å². The molecule has 0 aliphatic rings. The van der Waals surface area contributed by atoms with E-state index in [0.717, 1.165) is 6.29 Å². The lowest BCUT2D eigenvalue weighted by Crippen LogP contribution is -2.21. The van der Waals surface area contributed by atoms with E-state index in [4.69, 9.17) is 0 Å². The molecule has 90 valence electrons. The number of rotatable bonds is 5. The molecule has 0 aromatic heterocycles. The SMILES string of the molecule is C/C=C/C#CC#C[C@H](O)[C@H](O)/C=C/CCC=O. The van der Waals surface area contributed by atoms with E-state index in [2.05, 4.69) is 23.7 Å². The van der Waals surface area contributed by atoms with E-state index in [1.54, 1.807) is 18.2 Å². The van der Waals surface area contributed by atoms with Crippen LogP contribution in [0.1, 0.15) is 19.8 Å². The molecule has 0 fully saturated rings. The van der Waals surface area contributed by atoms with Crippen LogP contribution >= 0.6 is 0 Å². The zero-order chi connectivity index (χ0) is 12.9. The van der Waals surface area contributed by atoms with Crippen molar-refractivity contribution in [2.75, 3.05) is 0 Å². The molecule has 0 bridgehead atoms. The Hall–Kier alpha value is -1.81. The molecule has 0 heterocycles. The van der Waals surface area contributed by atoms with Crippen molar-refractivity contribution in [1.82, 2.24) is 0 Å². The normalized spacial score (nSPS) is 13.6. The number of allylic oxidation sites excluding steroid dienone is 3. The van der Waals surface area contributed by atoms with Gasteiger partial charge in [0, 0.05) is 6.42 Å². The van der Waals surface area contributed by atoms with E-state index in [1.165, 1.54) is 6.08 Å². The van der Waals surface area contributed by atoms with Gasteiger partial charge in [0.2, 0.25) is 0 Å². The van der Waals surface area contributed by atoms with Crippen molar-refractivity contribution in [3.63, 3.8) is 0 Å². The van der Waals surface area contributed by atoms with Gasteiger partial charge in [0.05, 0.1) is 0 Å². The fourth-order valence-electron chi connectivity index (χ4n) is 0.862. The summed E-state index contributed by atoms with van der Waals surface area (Å²) in [4.78, 5) is 10.0. The summed E-state index contributed by atoms with van der Waals surface area (Å²) in [7, 11) is 0. The van der Waals surface area contributed by atoms with Crippen molar-refractivity contribution in [3.05, 3.63) is 24.3 Å². The molecule has 0 aliphatic heterocycles. The van der Waals surface area contributed by atoms with Crippen LogP contribution in [-0.2, 0) is 4.79 Å². The van der Waals surface area contributed by atoms with Gasteiger partial charge >= 0.3 is 0 Å². The molecule has 0 spiro atoms. The Bertz CT molecular complexity index is 385. The van der Waals surface area contributed by atoms with Crippen molar-refractivity contribution in [2.45, 2.75) is 32.0 Å². The fraction of sp³-hybridized carbons (Fsp3) is 0.357. The van der Waals surface area contributed by atoms with Gasteiger partial charge in [-0.05, 0) is 31.3 Å². The van der Waals surface area contributed by atoms with Gasteiger partial charge in [-0.3, -0.25) is 0 Å². The van der Waals surface area contributed by atoms with Gasteiger partial charge < -0.3 is 15.0 Å². The first-order chi connectivity index (χ1) is 8.22. The lowest BCUT2D eigenvalue weighted by molar-refractivity contribution is -0.107. The minimum atomic E-state index is -1.16. The Labute approximate surface area is 102 Å². The summed E-state index contributed by atoms with van der Waals surface area (Å²) in [5, 5.41) is 18.8. The first kappa shape index (κ1) is 15.2. The summed E-state index contributed by atoms with van der Waals surface area (Å²) in [6, 6.07) is 0. The quantitative estimate of drug-likeness (QED) is 0.319. The summed E-state index contributed by atoms with van der Waals surface area (Å²) in [5.41, 5.74) is 0. The third kappa shape index (κ3) is 9.14. The molecule has 17 heavy (non-hydrogen) atoms. The van der Waals surface area contributed by atoms with Gasteiger partial charge in [0.15, 0.2) is 0 Å². The Morgan fingerprint density at radius 3 is 2.65 bits per heavy atom. The summed E-state index contributed by atoms with van der Waals surface area (Å²) in [6.07, 6.45) is 5.98. The highest BCUT2D eigenvalue weighted by molar-refractivity contribution is 5.49. The Balaban J connectivity index is 4.13. The molecule has 0 aromatic rings. The van der Waals surface area contributed by atoms with Crippen LogP contribution in [0.2, 0.25) is 0 Å². The topological polar surface area (TPSA) is 57.5 Å². The summed E-state index contributed by atoms with van der Waals surface area (Å²) in [6.45, 7) is 1.84. The van der Waals surface area contributed by atoms with E-state index < -0.39 is 12.2 Å². The zero-order valence-corrected chi connectivity index (χ0v) is 9.76. The average molecular weight is 232 g/mol. The second-order valence-electron chi connectivity index (χ2n) is 3.15. The van der Waals surface area contributed by atoms with Gasteiger partial charge in [0.25, 0.3) is 0 Å². The molecule has 0 saturated carbocycles. The van der Waals surface area contributed by atoms with E-state index in [-0.39, 0.29) is 0 Å². The standard InChI is InChI=1S/C14H16O3/c1-2-3-4-5-7-10-13(16)14(17)11-8-6-9-12-15/h2-3,8,11-14,16-17H,6,9H2,1H3/b3-2+,11-8+/t13-,14+/m0/s1. The van der Waals surface area contributed by atoms with Crippen LogP contribution in [0.15, 0.2) is 24.3 Å². The zero-order valence-electron chi connectivity index (χ0n) is 9.76. The number of carbonyl (C=O) groups excluding carboxylic acids is 1. The largest absolute Gasteiger partial charge is 0.385 e. The van der Waals surface area contributed by atoms with Crippen LogP contribution in [0.25, 0.3) is 0 Å². The van der Waals surface area contributed by atoms with Crippen molar-refractivity contribution in [1.29, 1.82) is 0 Å². The molecule has 0 aliphatic carbocycles. The van der Waals surface area contributed by atoms with Crippen LogP contribution in [0.5, 0.6) is 0 Å². The predicted molar refractivity (Wildman–Crippen MR) is 66.8 cm³/mol. The molecule has 3 heteroatoms. The molecule has 2 N–H and O–H groups in total. The first-order valence-corrected chi connectivity index (χ1v) is 5.31. The van der Waals surface area contributed by atoms with Crippen LogP contribution in [0.3, 0.4) is 0 Å². The number of aliphatic hydroxyl groups is 2. The number of aldehydes is 1. The second-order valence-corrected chi connectivity index (χ2v) is 3.15. The van der Waals surface area contributed by atoms with E-state index in [1.807, 2.05) is 6.92 Å². The Morgan fingerprint density at radius 2 is 2.00 bits per heavy atom. The Morgan fingerprint density at radius 1 is 1.24 bits per heavy atom. The summed E-state index contributed by atoms with van der Waals surface area (Å²) < 4.78 is 0. The van der Waals surface area contributed by atoms with Gasteiger partial charge in [-0.15, -0.1) is 0 Å². The first-order valence-electron chi connectivity index (χ1n) is 5.31. The predicted octanol–water partition coefficient (Wildman–Crippen LogP) is 0.826. The highest BCUT2D eigenvalue weighted by Gasteiger charge is 2.08. The molecule has 2 atom stereocenters. The third-order valence-corrected chi connectivity index (χ3v) is 1.71. The monoisotopic (exact) mass is 232 g/mol. The number of hydrogen-bond donors (Lipinski definition) is 2. The molecule has 0 aromatic carbocycles. The number of aliphatic hydroxyl groups excluding tert-OH is 2. The smallest absolute Gasteiger partial charge is 0.145 e. The summed E-state index contributed by atoms with van der Waals surface area (Å²) >= 11 is 0. The van der Waals surface area contributed by atoms with Crippen LogP contribution in [-0.4, -0.2) is 28.7 Å². The number of hydrogen-bond acceptors (Lipinski definition) is 3. The van der Waals surface area contributed by atoms with E-state index in [9.17, 15) is 15.0 Å². The van der Waals surface area contributed by atoms with E-state index >= 15 is 0 Å². The summed E-state index contributed by atoms with van der Waals surface area (Å²) in [5.74, 6) is 9.99. The van der Waals surface area contributed by atoms with E-state index in [0.29, 0.717) is 12.8 Å². The average Bonchev–Trinajstić information content (AvgIpc) is 2.34. The lowest BCUT2D eigenvalue weighted by atomic mass is 10.2. The molecular formula is C14H16O3. The maximum absolute atomic E-state index is 10.0. The third-order valence-electron chi connectivity index (χ3n) is 1.71. The fourth-order valence-corrected chi connectivity index (χ4v) is 0.862. The van der Waals surface area contributed by atoms with Crippen LogP contribution in [0, 0.1) is 23.7 Å². The van der Waals surface area contributed by atoms with Crippen molar-refractivity contribution in [3.8, 4) is 23.7 Å². The molecule has 3 nitrogen and oxygen atoms in total. The molecule has 0 saturated heterocycles. The molecule has 0 amide bonds. The maximum atomic E-state index is 10.0. The lowest BCUT2D eigenvalue weighted by Gasteiger charge is -2.06. The molecule has 0 radical (unpaired) electrons. The highest BCUT2D eigenvalue weighted by Crippen LogP contribution is 1.96. The van der Waals surface area contributed by atoms with Crippen molar-refractivity contribution in [2.24, 2.45) is 0 Å². The Kier molecular flexibility index (Phi) is 9.56. The van der Waals surface area contributed by atoms with Gasteiger partial charge in [0.1, 0.15) is 18.5 Å². The second kappa shape index (κ2) is 10.7. The van der Waals surface area contributed by atoms with Gasteiger partial charge in [-0.1, -0.05) is 30.1 Å². The molecular weight excluding hydrogens is 216 g/mol. The number of unbranched alkanes of at least 4 members (excludes halogenated alkanes) is 1. The van der Waals surface area contributed by atoms with Gasteiger partial charge in [-0.2, -0.15) is 0 Å². The maximum Gasteiger partial charge on any atom is 0.145 e. The van der Waals surface area contributed by atoms with Crippen LogP contribution < -0.4 is 0 Å². The van der Waals surface area contributed by atoms with Gasteiger partial charge in [-0.25, -0.2) is 0 Å². The minimum absolute atomic E-state index is 0.403. The molecule has 0 rings (SSSR count). The highest BCUT2D eigenvalue weighted by atomic mass is 16.3. The molecule has 0 unspecified atom stereocenters. The van der Waals surface area contributed by atoms with Crippen molar-refractivity contribution < 1.29 is 15.0 Å².